The van der Waals surface area contributed by atoms with Crippen LogP contribution >= 0.6 is 0 Å². The molecule has 1 saturated heterocycles. The summed E-state index contributed by atoms with van der Waals surface area (Å²) in [6.45, 7) is 5.10. The zero-order valence-electron chi connectivity index (χ0n) is 14.4. The Labute approximate surface area is 144 Å². The Balaban J connectivity index is 1.96. The molecule has 0 radical (unpaired) electrons. The first-order valence-corrected chi connectivity index (χ1v) is 8.23. The van der Waals surface area contributed by atoms with Gasteiger partial charge in [-0.25, -0.2) is 9.97 Å². The molecule has 0 bridgehead atoms. The third-order valence-corrected chi connectivity index (χ3v) is 4.50. The summed E-state index contributed by atoms with van der Waals surface area (Å²) in [4.78, 5) is 27.9. The van der Waals surface area contributed by atoms with E-state index in [4.69, 9.17) is 4.98 Å². The van der Waals surface area contributed by atoms with Crippen molar-refractivity contribution >= 4 is 22.8 Å². The second-order valence-electron chi connectivity index (χ2n) is 6.15. The summed E-state index contributed by atoms with van der Waals surface area (Å²) in [5.41, 5.74) is 2.28. The molecule has 1 amide bonds. The average molecular weight is 337 g/mol. The highest BCUT2D eigenvalue weighted by Gasteiger charge is 2.30. The lowest BCUT2D eigenvalue weighted by atomic mass is 10.1. The molecule has 8 heteroatoms. The number of hydrogen-bond acceptors (Lipinski definition) is 6. The molecule has 4 heterocycles. The highest BCUT2D eigenvalue weighted by atomic mass is 16.2. The van der Waals surface area contributed by atoms with Gasteiger partial charge in [-0.1, -0.05) is 6.07 Å². The Kier molecular flexibility index (Phi) is 3.60. The van der Waals surface area contributed by atoms with Crippen LogP contribution in [0.4, 0.5) is 5.82 Å². The molecule has 0 aromatic carbocycles. The number of nitrogens with one attached hydrogen (secondary N) is 1. The summed E-state index contributed by atoms with van der Waals surface area (Å²) < 4.78 is 1.75. The maximum absolute atomic E-state index is 12.1. The van der Waals surface area contributed by atoms with Crippen LogP contribution in [0.5, 0.6) is 0 Å². The van der Waals surface area contributed by atoms with Gasteiger partial charge in [0.15, 0.2) is 11.5 Å². The zero-order chi connectivity index (χ0) is 17.6. The van der Waals surface area contributed by atoms with Crippen molar-refractivity contribution < 1.29 is 4.79 Å². The van der Waals surface area contributed by atoms with Gasteiger partial charge in [-0.3, -0.25) is 14.5 Å². The minimum Gasteiger partial charge on any atom is -0.353 e. The van der Waals surface area contributed by atoms with E-state index < -0.39 is 0 Å². The number of hydrogen-bond donors (Lipinski definition) is 1. The molecular weight excluding hydrogens is 318 g/mol. The van der Waals surface area contributed by atoms with E-state index in [1.807, 2.05) is 44.0 Å². The minimum absolute atomic E-state index is 0.000980. The van der Waals surface area contributed by atoms with Crippen molar-refractivity contribution in [2.45, 2.75) is 19.9 Å². The van der Waals surface area contributed by atoms with Gasteiger partial charge >= 0.3 is 0 Å². The third-order valence-electron chi connectivity index (χ3n) is 4.50. The number of aryl methyl sites for hydroxylation is 2. The van der Waals surface area contributed by atoms with Crippen molar-refractivity contribution in [3.05, 3.63) is 30.1 Å². The number of anilines is 1. The molecule has 4 rings (SSSR count). The molecule has 1 aliphatic heterocycles. The van der Waals surface area contributed by atoms with Gasteiger partial charge < -0.3 is 10.2 Å². The van der Waals surface area contributed by atoms with E-state index in [-0.39, 0.29) is 11.9 Å². The first kappa shape index (κ1) is 15.5. The van der Waals surface area contributed by atoms with Gasteiger partial charge in [0.2, 0.25) is 5.91 Å². The summed E-state index contributed by atoms with van der Waals surface area (Å²) in [5, 5.41) is 8.26. The zero-order valence-corrected chi connectivity index (χ0v) is 14.4. The summed E-state index contributed by atoms with van der Waals surface area (Å²) in [6, 6.07) is 5.33. The van der Waals surface area contributed by atoms with Crippen LogP contribution in [0.15, 0.2) is 24.4 Å². The Morgan fingerprint density at radius 1 is 1.28 bits per heavy atom. The van der Waals surface area contributed by atoms with E-state index in [1.54, 1.807) is 10.9 Å². The largest absolute Gasteiger partial charge is 0.353 e. The maximum Gasteiger partial charge on any atom is 0.242 e. The topological polar surface area (TPSA) is 88.8 Å². The second kappa shape index (κ2) is 5.80. The Bertz CT molecular complexity index is 951. The van der Waals surface area contributed by atoms with Gasteiger partial charge in [0.05, 0.1) is 11.1 Å². The van der Waals surface area contributed by atoms with Crippen LogP contribution in [-0.4, -0.2) is 49.8 Å². The number of carbonyl (C=O) groups excluding carboxylic acids is 1. The van der Waals surface area contributed by atoms with Crippen LogP contribution in [-0.2, 0) is 11.8 Å². The number of amides is 1. The molecule has 25 heavy (non-hydrogen) atoms. The van der Waals surface area contributed by atoms with E-state index in [2.05, 4.69) is 20.4 Å². The Morgan fingerprint density at radius 3 is 2.88 bits per heavy atom. The quantitative estimate of drug-likeness (QED) is 0.752. The van der Waals surface area contributed by atoms with Gasteiger partial charge in [0.25, 0.3) is 0 Å². The molecule has 0 spiro atoms. The standard InChI is InChI=1S/C17H19N7O/c1-10-13-15(23(3)22-10)20-14(12-6-4-5-7-18-12)21-16(13)24-9-8-19-17(25)11(24)2/h4-7,11H,8-9H2,1-3H3,(H,19,25)/t11-/m0/s1. The molecule has 1 fully saturated rings. The van der Waals surface area contributed by atoms with E-state index in [0.717, 1.165) is 22.5 Å². The average Bonchev–Trinajstić information content (AvgIpc) is 2.92. The van der Waals surface area contributed by atoms with Gasteiger partial charge in [-0.15, -0.1) is 0 Å². The van der Waals surface area contributed by atoms with Crippen LogP contribution in [0.3, 0.4) is 0 Å². The molecule has 1 N–H and O–H groups in total. The molecular formula is C17H19N7O. The number of fused-ring (bicyclic) bond motifs is 1. The molecule has 3 aromatic rings. The Morgan fingerprint density at radius 2 is 2.12 bits per heavy atom. The predicted molar refractivity (Wildman–Crippen MR) is 94.1 cm³/mol. The number of piperazine rings is 1. The monoisotopic (exact) mass is 337 g/mol. The highest BCUT2D eigenvalue weighted by molar-refractivity contribution is 5.94. The number of aromatic nitrogens is 5. The molecule has 0 aliphatic carbocycles. The molecule has 0 unspecified atom stereocenters. The fourth-order valence-corrected chi connectivity index (χ4v) is 3.21. The number of nitrogens with zero attached hydrogens (tertiary/aromatic N) is 6. The van der Waals surface area contributed by atoms with E-state index in [9.17, 15) is 4.79 Å². The van der Waals surface area contributed by atoms with E-state index >= 15 is 0 Å². The van der Waals surface area contributed by atoms with Crippen LogP contribution < -0.4 is 10.2 Å². The predicted octanol–water partition coefficient (Wildman–Crippen LogP) is 1.06. The lowest BCUT2D eigenvalue weighted by Gasteiger charge is -2.34. The van der Waals surface area contributed by atoms with E-state index in [1.165, 1.54) is 0 Å². The summed E-state index contributed by atoms with van der Waals surface area (Å²) >= 11 is 0. The van der Waals surface area contributed by atoms with Gasteiger partial charge in [-0.05, 0) is 26.0 Å². The van der Waals surface area contributed by atoms with Crippen LogP contribution in [0.2, 0.25) is 0 Å². The van der Waals surface area contributed by atoms with Crippen molar-refractivity contribution in [1.82, 2.24) is 30.0 Å². The third kappa shape index (κ3) is 2.50. The van der Waals surface area contributed by atoms with Crippen LogP contribution in [0, 0.1) is 6.92 Å². The van der Waals surface area contributed by atoms with Crippen molar-refractivity contribution in [1.29, 1.82) is 0 Å². The smallest absolute Gasteiger partial charge is 0.242 e. The van der Waals surface area contributed by atoms with Crippen molar-refractivity contribution in [3.8, 4) is 11.5 Å². The van der Waals surface area contributed by atoms with Gasteiger partial charge in [0.1, 0.15) is 17.6 Å². The number of rotatable bonds is 2. The lowest BCUT2D eigenvalue weighted by molar-refractivity contribution is -0.122. The summed E-state index contributed by atoms with van der Waals surface area (Å²) in [7, 11) is 1.86. The van der Waals surface area contributed by atoms with Crippen LogP contribution in [0.25, 0.3) is 22.6 Å². The van der Waals surface area contributed by atoms with Crippen molar-refractivity contribution in [2.75, 3.05) is 18.0 Å². The number of pyridine rings is 1. The molecule has 3 aromatic heterocycles. The first-order valence-electron chi connectivity index (χ1n) is 8.23. The molecule has 8 nitrogen and oxygen atoms in total. The normalized spacial score (nSPS) is 17.8. The minimum atomic E-state index is -0.303. The molecule has 128 valence electrons. The fourth-order valence-electron chi connectivity index (χ4n) is 3.21. The summed E-state index contributed by atoms with van der Waals surface area (Å²) in [5.74, 6) is 1.27. The highest BCUT2D eigenvalue weighted by Crippen LogP contribution is 2.30. The second-order valence-corrected chi connectivity index (χ2v) is 6.15. The van der Waals surface area contributed by atoms with Crippen molar-refractivity contribution in [2.24, 2.45) is 7.05 Å². The molecule has 0 saturated carbocycles. The Hall–Kier alpha value is -3.03. The van der Waals surface area contributed by atoms with Crippen LogP contribution in [0.1, 0.15) is 12.6 Å². The van der Waals surface area contributed by atoms with Gasteiger partial charge in [-0.2, -0.15) is 5.10 Å². The molecule has 1 atom stereocenters. The number of carbonyl (C=O) groups is 1. The summed E-state index contributed by atoms with van der Waals surface area (Å²) in [6.07, 6.45) is 1.72. The maximum atomic E-state index is 12.1. The van der Waals surface area contributed by atoms with Crippen molar-refractivity contribution in [3.63, 3.8) is 0 Å². The van der Waals surface area contributed by atoms with Gasteiger partial charge in [0, 0.05) is 26.3 Å². The lowest BCUT2D eigenvalue weighted by Crippen LogP contribution is -2.54. The SMILES string of the molecule is Cc1nn(C)c2nc(-c3ccccn3)nc(N3CCNC(=O)[C@@H]3C)c12. The van der Waals surface area contributed by atoms with E-state index in [0.29, 0.717) is 24.6 Å². The fraction of sp³-hybridized carbons (Fsp3) is 0.353. The molecule has 1 aliphatic rings. The first-order chi connectivity index (χ1) is 12.1.